The molecule has 0 aliphatic carbocycles. The van der Waals surface area contributed by atoms with Crippen molar-refractivity contribution in [2.75, 3.05) is 0 Å². The summed E-state index contributed by atoms with van der Waals surface area (Å²) in [7, 11) is 0. The van der Waals surface area contributed by atoms with Crippen LogP contribution in [-0.4, -0.2) is 11.0 Å². The molecule has 0 bridgehead atoms. The molecule has 0 fully saturated rings. The number of aryl methyl sites for hydroxylation is 1. The fourth-order valence-electron chi connectivity index (χ4n) is 2.13. The molecule has 4 nitrogen and oxygen atoms in total. The zero-order valence-electron chi connectivity index (χ0n) is 12.8. The van der Waals surface area contributed by atoms with Crippen LogP contribution in [0.4, 0.5) is 4.39 Å². The smallest absolute Gasteiger partial charge is 0.341 e. The lowest BCUT2D eigenvalue weighted by Gasteiger charge is -2.04. The average molecular weight is 390 g/mol. The molecular formula is C18H13BrFNO3. The number of aromatic nitrogens is 1. The maximum Gasteiger partial charge on any atom is 0.341 e. The van der Waals surface area contributed by atoms with Crippen molar-refractivity contribution < 1.29 is 18.3 Å². The Hall–Kier alpha value is -2.47. The summed E-state index contributed by atoms with van der Waals surface area (Å²) in [6, 6.07) is 13.6. The summed E-state index contributed by atoms with van der Waals surface area (Å²) in [5.74, 6) is -0.383. The first kappa shape index (κ1) is 16.4. The van der Waals surface area contributed by atoms with Gasteiger partial charge < -0.3 is 9.15 Å². The Morgan fingerprint density at radius 3 is 2.71 bits per heavy atom. The first-order valence-corrected chi connectivity index (χ1v) is 7.98. The standard InChI is InChI=1S/C18H13BrFNO3/c1-11-16(21-17(24-11)12-5-3-2-4-6-12)10-23-18(22)14-8-7-13(19)9-15(14)20/h2-9H,10H2,1H3. The highest BCUT2D eigenvalue weighted by Gasteiger charge is 2.16. The number of ether oxygens (including phenoxy) is 1. The van der Waals surface area contributed by atoms with Crippen LogP contribution in [0.5, 0.6) is 0 Å². The molecule has 0 N–H and O–H groups in total. The molecule has 2 aromatic carbocycles. The SMILES string of the molecule is Cc1oc(-c2ccccc2)nc1COC(=O)c1ccc(Br)cc1F. The fraction of sp³-hybridized carbons (Fsp3) is 0.111. The minimum atomic E-state index is -0.747. The van der Waals surface area contributed by atoms with Crippen LogP contribution in [0.2, 0.25) is 0 Å². The van der Waals surface area contributed by atoms with E-state index in [1.54, 1.807) is 13.0 Å². The lowest BCUT2D eigenvalue weighted by molar-refractivity contribution is 0.0461. The van der Waals surface area contributed by atoms with Crippen molar-refractivity contribution in [2.45, 2.75) is 13.5 Å². The Bertz CT molecular complexity index is 877. The second kappa shape index (κ2) is 6.97. The van der Waals surface area contributed by atoms with Gasteiger partial charge in [0.05, 0.1) is 5.56 Å². The quantitative estimate of drug-likeness (QED) is 0.594. The number of oxazole rings is 1. The Balaban J connectivity index is 1.73. The van der Waals surface area contributed by atoms with E-state index in [-0.39, 0.29) is 12.2 Å². The predicted octanol–water partition coefficient (Wildman–Crippen LogP) is 4.91. The normalized spacial score (nSPS) is 10.6. The molecule has 0 atom stereocenters. The third-order valence-corrected chi connectivity index (χ3v) is 3.90. The lowest BCUT2D eigenvalue weighted by Crippen LogP contribution is -2.08. The minimum Gasteiger partial charge on any atom is -0.455 e. The third-order valence-electron chi connectivity index (χ3n) is 3.40. The number of hydrogen-bond acceptors (Lipinski definition) is 4. The number of hydrogen-bond donors (Lipinski definition) is 0. The molecule has 1 aromatic heterocycles. The van der Waals surface area contributed by atoms with Crippen LogP contribution in [0.25, 0.3) is 11.5 Å². The molecule has 3 rings (SSSR count). The zero-order chi connectivity index (χ0) is 17.1. The van der Waals surface area contributed by atoms with E-state index in [0.29, 0.717) is 21.8 Å². The van der Waals surface area contributed by atoms with Crippen molar-refractivity contribution in [3.63, 3.8) is 0 Å². The Kier molecular flexibility index (Phi) is 4.76. The van der Waals surface area contributed by atoms with Crippen LogP contribution >= 0.6 is 15.9 Å². The van der Waals surface area contributed by atoms with Gasteiger partial charge in [-0.3, -0.25) is 0 Å². The van der Waals surface area contributed by atoms with Crippen LogP contribution in [-0.2, 0) is 11.3 Å². The van der Waals surface area contributed by atoms with Crippen LogP contribution < -0.4 is 0 Å². The van der Waals surface area contributed by atoms with Crippen molar-refractivity contribution >= 4 is 21.9 Å². The van der Waals surface area contributed by atoms with Gasteiger partial charge in [-0.1, -0.05) is 34.1 Å². The number of esters is 1. The minimum absolute atomic E-state index is 0.0868. The number of benzene rings is 2. The van der Waals surface area contributed by atoms with E-state index in [0.717, 1.165) is 5.56 Å². The van der Waals surface area contributed by atoms with E-state index in [1.165, 1.54) is 12.1 Å². The molecule has 0 aliphatic heterocycles. The van der Waals surface area contributed by atoms with Gasteiger partial charge >= 0.3 is 5.97 Å². The van der Waals surface area contributed by atoms with Crippen molar-refractivity contribution in [2.24, 2.45) is 0 Å². The maximum absolute atomic E-state index is 13.8. The Morgan fingerprint density at radius 2 is 2.00 bits per heavy atom. The Morgan fingerprint density at radius 1 is 1.25 bits per heavy atom. The fourth-order valence-corrected chi connectivity index (χ4v) is 2.47. The first-order valence-electron chi connectivity index (χ1n) is 7.18. The van der Waals surface area contributed by atoms with Crippen LogP contribution in [0.15, 0.2) is 57.4 Å². The molecule has 1 heterocycles. The molecular weight excluding hydrogens is 377 g/mol. The highest BCUT2D eigenvalue weighted by Crippen LogP contribution is 2.22. The number of nitrogens with zero attached hydrogens (tertiary/aromatic N) is 1. The molecule has 24 heavy (non-hydrogen) atoms. The summed E-state index contributed by atoms with van der Waals surface area (Å²) in [5, 5.41) is 0. The molecule has 6 heteroatoms. The van der Waals surface area contributed by atoms with E-state index in [4.69, 9.17) is 9.15 Å². The summed E-state index contributed by atoms with van der Waals surface area (Å²) in [6.45, 7) is 1.65. The van der Waals surface area contributed by atoms with Crippen molar-refractivity contribution in [1.29, 1.82) is 0 Å². The maximum atomic E-state index is 13.8. The molecule has 0 radical (unpaired) electrons. The molecule has 0 spiro atoms. The summed E-state index contributed by atoms with van der Waals surface area (Å²) >= 11 is 3.14. The third kappa shape index (κ3) is 3.54. The van der Waals surface area contributed by atoms with Gasteiger partial charge in [0, 0.05) is 10.0 Å². The number of halogens is 2. The summed E-state index contributed by atoms with van der Waals surface area (Å²) in [6.07, 6.45) is 0. The van der Waals surface area contributed by atoms with Gasteiger partial charge in [-0.15, -0.1) is 0 Å². The van der Waals surface area contributed by atoms with Crippen LogP contribution in [0, 0.1) is 12.7 Å². The van der Waals surface area contributed by atoms with Crippen LogP contribution in [0.3, 0.4) is 0 Å². The van der Waals surface area contributed by atoms with Gasteiger partial charge in [0.25, 0.3) is 0 Å². The molecule has 0 unspecified atom stereocenters. The highest BCUT2D eigenvalue weighted by atomic mass is 79.9. The van der Waals surface area contributed by atoms with E-state index >= 15 is 0 Å². The number of carbonyl (C=O) groups excluding carboxylic acids is 1. The second-order valence-corrected chi connectivity index (χ2v) is 6.00. The van der Waals surface area contributed by atoms with E-state index in [1.807, 2.05) is 30.3 Å². The van der Waals surface area contributed by atoms with Gasteiger partial charge in [-0.2, -0.15) is 0 Å². The van der Waals surface area contributed by atoms with Crippen molar-refractivity contribution in [3.05, 3.63) is 75.8 Å². The summed E-state index contributed by atoms with van der Waals surface area (Å²) < 4.78 is 25.1. The second-order valence-electron chi connectivity index (χ2n) is 5.09. The highest BCUT2D eigenvalue weighted by molar-refractivity contribution is 9.10. The summed E-state index contributed by atoms with van der Waals surface area (Å²) in [4.78, 5) is 16.3. The largest absolute Gasteiger partial charge is 0.455 e. The molecule has 3 aromatic rings. The molecule has 0 aliphatic rings. The van der Waals surface area contributed by atoms with Crippen LogP contribution in [0.1, 0.15) is 21.8 Å². The lowest BCUT2D eigenvalue weighted by atomic mass is 10.2. The predicted molar refractivity (Wildman–Crippen MR) is 89.9 cm³/mol. The van der Waals surface area contributed by atoms with E-state index < -0.39 is 11.8 Å². The van der Waals surface area contributed by atoms with Gasteiger partial charge in [0.15, 0.2) is 0 Å². The first-order chi connectivity index (χ1) is 11.5. The van der Waals surface area contributed by atoms with Gasteiger partial charge in [-0.05, 0) is 37.3 Å². The van der Waals surface area contributed by atoms with E-state index in [9.17, 15) is 9.18 Å². The molecule has 122 valence electrons. The zero-order valence-corrected chi connectivity index (χ0v) is 14.3. The topological polar surface area (TPSA) is 52.3 Å². The number of carbonyl (C=O) groups is 1. The molecule has 0 saturated carbocycles. The van der Waals surface area contributed by atoms with Crippen molar-refractivity contribution in [1.82, 2.24) is 4.98 Å². The van der Waals surface area contributed by atoms with Crippen molar-refractivity contribution in [3.8, 4) is 11.5 Å². The molecule has 0 saturated heterocycles. The van der Waals surface area contributed by atoms with E-state index in [2.05, 4.69) is 20.9 Å². The monoisotopic (exact) mass is 389 g/mol. The van der Waals surface area contributed by atoms with Gasteiger partial charge in [-0.25, -0.2) is 14.2 Å². The summed E-state index contributed by atoms with van der Waals surface area (Å²) in [5.41, 5.74) is 1.21. The Labute approximate surface area is 146 Å². The molecule has 0 amide bonds. The van der Waals surface area contributed by atoms with Gasteiger partial charge in [0.2, 0.25) is 5.89 Å². The number of rotatable bonds is 4. The van der Waals surface area contributed by atoms with Gasteiger partial charge in [0.1, 0.15) is 23.9 Å². The average Bonchev–Trinajstić information content (AvgIpc) is 2.94.